The second-order valence-corrected chi connectivity index (χ2v) is 4.97. The number of ether oxygens (including phenoxy) is 2. The maximum atomic E-state index is 11.5. The molecule has 9 nitrogen and oxygen atoms in total. The van der Waals surface area contributed by atoms with Gasteiger partial charge in [-0.05, 0) is 30.2 Å². The Morgan fingerprint density at radius 3 is 2.64 bits per heavy atom. The summed E-state index contributed by atoms with van der Waals surface area (Å²) in [6.07, 6.45) is 3.06. The van der Waals surface area contributed by atoms with Crippen LogP contribution in [-0.2, 0) is 14.4 Å². The third-order valence-electron chi connectivity index (χ3n) is 2.96. The SMILES string of the molecule is CCCCNC(=O)C(=O)N/N=C\c1ccc(OCC(N)=O)c(OC)c1. The van der Waals surface area contributed by atoms with Crippen molar-refractivity contribution in [3.63, 3.8) is 0 Å². The van der Waals surface area contributed by atoms with Gasteiger partial charge in [0.05, 0.1) is 13.3 Å². The van der Waals surface area contributed by atoms with Crippen molar-refractivity contribution in [1.82, 2.24) is 10.7 Å². The molecule has 1 rings (SSSR count). The van der Waals surface area contributed by atoms with Gasteiger partial charge in [0.1, 0.15) is 0 Å². The highest BCUT2D eigenvalue weighted by atomic mass is 16.5. The zero-order chi connectivity index (χ0) is 18.7. The van der Waals surface area contributed by atoms with E-state index in [1.807, 2.05) is 6.92 Å². The molecule has 9 heteroatoms. The van der Waals surface area contributed by atoms with Gasteiger partial charge in [0.2, 0.25) is 0 Å². The molecule has 0 aliphatic rings. The molecule has 25 heavy (non-hydrogen) atoms. The maximum absolute atomic E-state index is 11.5. The number of carbonyl (C=O) groups is 3. The van der Waals surface area contributed by atoms with Gasteiger partial charge in [0.25, 0.3) is 5.91 Å². The van der Waals surface area contributed by atoms with Crippen LogP contribution in [0.15, 0.2) is 23.3 Å². The van der Waals surface area contributed by atoms with E-state index in [0.29, 0.717) is 23.6 Å². The molecular weight excluding hydrogens is 328 g/mol. The number of amides is 3. The van der Waals surface area contributed by atoms with E-state index in [2.05, 4.69) is 15.8 Å². The fourth-order valence-electron chi connectivity index (χ4n) is 1.71. The summed E-state index contributed by atoms with van der Waals surface area (Å²) < 4.78 is 10.3. The molecule has 1 aromatic rings. The van der Waals surface area contributed by atoms with Crippen molar-refractivity contribution in [3.8, 4) is 11.5 Å². The van der Waals surface area contributed by atoms with Crippen LogP contribution in [0.1, 0.15) is 25.3 Å². The summed E-state index contributed by atoms with van der Waals surface area (Å²) in [5.74, 6) is -1.47. The summed E-state index contributed by atoms with van der Waals surface area (Å²) in [5.41, 5.74) is 7.75. The second-order valence-electron chi connectivity index (χ2n) is 4.97. The number of nitrogens with two attached hydrogens (primary N) is 1. The molecule has 0 fully saturated rings. The number of hydrogen-bond acceptors (Lipinski definition) is 6. The van der Waals surface area contributed by atoms with Crippen molar-refractivity contribution >= 4 is 23.9 Å². The number of primary amides is 1. The number of unbranched alkanes of at least 4 members (excludes halogenated alkanes) is 1. The molecular formula is C16H22N4O5. The minimum Gasteiger partial charge on any atom is -0.493 e. The molecule has 0 spiro atoms. The fourth-order valence-corrected chi connectivity index (χ4v) is 1.71. The molecule has 0 bridgehead atoms. The average molecular weight is 350 g/mol. The molecule has 0 unspecified atom stereocenters. The van der Waals surface area contributed by atoms with E-state index in [1.165, 1.54) is 13.3 Å². The van der Waals surface area contributed by atoms with Gasteiger partial charge in [-0.3, -0.25) is 14.4 Å². The minimum absolute atomic E-state index is 0.271. The third-order valence-corrected chi connectivity index (χ3v) is 2.96. The van der Waals surface area contributed by atoms with Gasteiger partial charge in [-0.15, -0.1) is 0 Å². The normalized spacial score (nSPS) is 10.3. The first-order chi connectivity index (χ1) is 12.0. The fraction of sp³-hybridized carbons (Fsp3) is 0.375. The van der Waals surface area contributed by atoms with Crippen molar-refractivity contribution in [2.75, 3.05) is 20.3 Å². The van der Waals surface area contributed by atoms with E-state index >= 15 is 0 Å². The minimum atomic E-state index is -0.847. The maximum Gasteiger partial charge on any atom is 0.329 e. The molecule has 4 N–H and O–H groups in total. The van der Waals surface area contributed by atoms with Gasteiger partial charge in [-0.2, -0.15) is 5.10 Å². The van der Waals surface area contributed by atoms with Crippen LogP contribution in [0.3, 0.4) is 0 Å². The Bertz CT molecular complexity index is 645. The van der Waals surface area contributed by atoms with Gasteiger partial charge in [-0.1, -0.05) is 13.3 Å². The van der Waals surface area contributed by atoms with Crippen LogP contribution in [0.5, 0.6) is 11.5 Å². The molecule has 136 valence electrons. The summed E-state index contributed by atoms with van der Waals surface area (Å²) in [7, 11) is 1.44. The predicted molar refractivity (Wildman–Crippen MR) is 91.3 cm³/mol. The van der Waals surface area contributed by atoms with Crippen LogP contribution in [0.2, 0.25) is 0 Å². The van der Waals surface area contributed by atoms with E-state index in [9.17, 15) is 14.4 Å². The summed E-state index contributed by atoms with van der Waals surface area (Å²) >= 11 is 0. The molecule has 0 aromatic heterocycles. The molecule has 0 aliphatic carbocycles. The first-order valence-electron chi connectivity index (χ1n) is 7.68. The van der Waals surface area contributed by atoms with Gasteiger partial charge in [0, 0.05) is 6.54 Å². The highest BCUT2D eigenvalue weighted by Crippen LogP contribution is 2.27. The number of methoxy groups -OCH3 is 1. The highest BCUT2D eigenvalue weighted by Gasteiger charge is 2.11. The number of hydrazone groups is 1. The zero-order valence-corrected chi connectivity index (χ0v) is 14.2. The Kier molecular flexibility index (Phi) is 8.48. The van der Waals surface area contributed by atoms with Crippen LogP contribution in [0, 0.1) is 0 Å². The van der Waals surface area contributed by atoms with Crippen molar-refractivity contribution in [2.45, 2.75) is 19.8 Å². The standard InChI is InChI=1S/C16H22N4O5/c1-3-4-7-18-15(22)16(23)20-19-9-11-5-6-12(13(8-11)24-2)25-10-14(17)21/h5-6,8-9H,3-4,7,10H2,1-2H3,(H2,17,21)(H,18,22)(H,20,23)/b19-9-. The second kappa shape index (κ2) is 10.6. The van der Waals surface area contributed by atoms with Crippen molar-refractivity contribution in [3.05, 3.63) is 23.8 Å². The molecule has 3 amide bonds. The van der Waals surface area contributed by atoms with Gasteiger partial charge < -0.3 is 20.5 Å². The Balaban J connectivity index is 2.60. The summed E-state index contributed by atoms with van der Waals surface area (Å²) in [5, 5.41) is 6.20. The largest absolute Gasteiger partial charge is 0.493 e. The van der Waals surface area contributed by atoms with Gasteiger partial charge in [0.15, 0.2) is 18.1 Å². The molecule has 0 aliphatic heterocycles. The average Bonchev–Trinajstić information content (AvgIpc) is 2.60. The number of benzene rings is 1. The first kappa shape index (κ1) is 19.9. The van der Waals surface area contributed by atoms with E-state index < -0.39 is 17.7 Å². The number of rotatable bonds is 9. The van der Waals surface area contributed by atoms with Crippen LogP contribution < -0.4 is 25.9 Å². The Hall–Kier alpha value is -3.10. The summed E-state index contributed by atoms with van der Waals surface area (Å²) in [4.78, 5) is 33.7. The first-order valence-corrected chi connectivity index (χ1v) is 7.68. The topological polar surface area (TPSA) is 132 Å². The monoisotopic (exact) mass is 350 g/mol. The number of hydrogen-bond donors (Lipinski definition) is 3. The van der Waals surface area contributed by atoms with Crippen LogP contribution in [0.25, 0.3) is 0 Å². The van der Waals surface area contributed by atoms with E-state index in [0.717, 1.165) is 12.8 Å². The van der Waals surface area contributed by atoms with Crippen molar-refractivity contribution in [2.24, 2.45) is 10.8 Å². The molecule has 0 atom stereocenters. The third kappa shape index (κ3) is 7.34. The van der Waals surface area contributed by atoms with Crippen LogP contribution in [0.4, 0.5) is 0 Å². The van der Waals surface area contributed by atoms with Crippen LogP contribution >= 0.6 is 0 Å². The van der Waals surface area contributed by atoms with E-state index in [-0.39, 0.29) is 6.61 Å². The summed E-state index contributed by atoms with van der Waals surface area (Å²) in [6.45, 7) is 2.15. The molecule has 0 saturated heterocycles. The molecule has 0 radical (unpaired) electrons. The van der Waals surface area contributed by atoms with Gasteiger partial charge >= 0.3 is 11.8 Å². The zero-order valence-electron chi connectivity index (χ0n) is 14.2. The smallest absolute Gasteiger partial charge is 0.329 e. The number of nitrogens with one attached hydrogen (secondary N) is 2. The number of nitrogens with zero attached hydrogens (tertiary/aromatic N) is 1. The lowest BCUT2D eigenvalue weighted by molar-refractivity contribution is -0.139. The van der Waals surface area contributed by atoms with Gasteiger partial charge in [-0.25, -0.2) is 5.43 Å². The molecule has 1 aromatic carbocycles. The van der Waals surface area contributed by atoms with Crippen molar-refractivity contribution in [1.29, 1.82) is 0 Å². The Morgan fingerprint density at radius 2 is 2.00 bits per heavy atom. The predicted octanol–water partition coefficient (Wildman–Crippen LogP) is -0.0743. The van der Waals surface area contributed by atoms with E-state index in [4.69, 9.17) is 15.2 Å². The highest BCUT2D eigenvalue weighted by molar-refractivity contribution is 6.35. The molecule has 0 saturated carbocycles. The lowest BCUT2D eigenvalue weighted by Gasteiger charge is -2.09. The quantitative estimate of drug-likeness (QED) is 0.248. The Morgan fingerprint density at radius 1 is 1.24 bits per heavy atom. The lowest BCUT2D eigenvalue weighted by Crippen LogP contribution is -2.38. The van der Waals surface area contributed by atoms with Crippen molar-refractivity contribution < 1.29 is 23.9 Å². The van der Waals surface area contributed by atoms with E-state index in [1.54, 1.807) is 18.2 Å². The van der Waals surface area contributed by atoms with Crippen LogP contribution in [-0.4, -0.2) is 44.2 Å². The Labute approximate surface area is 145 Å². The molecule has 0 heterocycles. The number of carbonyl (C=O) groups excluding carboxylic acids is 3. The summed E-state index contributed by atoms with van der Waals surface area (Å²) in [6, 6.07) is 4.80. The lowest BCUT2D eigenvalue weighted by atomic mass is 10.2.